The molecule has 0 aromatic carbocycles. The van der Waals surface area contributed by atoms with Crippen LogP contribution in [-0.2, 0) is 10.0 Å². The quantitative estimate of drug-likeness (QED) is 0.833. The average molecular weight is 278 g/mol. The maximum atomic E-state index is 12.3. The van der Waals surface area contributed by atoms with E-state index in [0.717, 1.165) is 25.1 Å². The highest BCUT2D eigenvalue weighted by atomic mass is 32.2. The molecule has 100 valence electrons. The van der Waals surface area contributed by atoms with E-state index in [1.807, 2.05) is 11.8 Å². The molecule has 1 N–H and O–H groups in total. The van der Waals surface area contributed by atoms with E-state index in [4.69, 9.17) is 0 Å². The van der Waals surface area contributed by atoms with Gasteiger partial charge >= 0.3 is 0 Å². The summed E-state index contributed by atoms with van der Waals surface area (Å²) in [6.45, 7) is 4.43. The molecule has 2 rings (SSSR count). The Balaban J connectivity index is 1.92. The number of hydrogen-bond donors (Lipinski definition) is 1. The summed E-state index contributed by atoms with van der Waals surface area (Å²) >= 11 is 1.86. The fraction of sp³-hybridized carbons (Fsp3) is 1.00. The van der Waals surface area contributed by atoms with E-state index >= 15 is 0 Å². The smallest absolute Gasteiger partial charge is 0.215 e. The monoisotopic (exact) mass is 278 g/mol. The van der Waals surface area contributed by atoms with Gasteiger partial charge in [-0.05, 0) is 19.4 Å². The van der Waals surface area contributed by atoms with Crippen LogP contribution in [-0.4, -0.2) is 55.2 Å². The lowest BCUT2D eigenvalue weighted by atomic mass is 10.1. The third-order valence-corrected chi connectivity index (χ3v) is 6.50. The highest BCUT2D eigenvalue weighted by Crippen LogP contribution is 2.21. The van der Waals surface area contributed by atoms with Crippen LogP contribution < -0.4 is 5.32 Å². The van der Waals surface area contributed by atoms with Gasteiger partial charge in [0.2, 0.25) is 10.0 Å². The van der Waals surface area contributed by atoms with E-state index < -0.39 is 10.0 Å². The first-order valence-electron chi connectivity index (χ1n) is 6.41. The van der Waals surface area contributed by atoms with Crippen molar-refractivity contribution in [1.82, 2.24) is 9.62 Å². The molecule has 0 spiro atoms. The zero-order valence-electron chi connectivity index (χ0n) is 10.4. The van der Waals surface area contributed by atoms with Crippen molar-refractivity contribution in [2.45, 2.75) is 37.5 Å². The van der Waals surface area contributed by atoms with E-state index in [0.29, 0.717) is 18.3 Å². The summed E-state index contributed by atoms with van der Waals surface area (Å²) in [6, 6.07) is 0.165. The van der Waals surface area contributed by atoms with E-state index in [1.165, 1.54) is 6.42 Å². The lowest BCUT2D eigenvalue weighted by Crippen LogP contribution is -2.47. The lowest BCUT2D eigenvalue weighted by Gasteiger charge is -2.32. The van der Waals surface area contributed by atoms with Crippen molar-refractivity contribution >= 4 is 21.8 Å². The van der Waals surface area contributed by atoms with Gasteiger partial charge in [-0.2, -0.15) is 16.1 Å². The standard InChI is InChI=1S/C11H22N2O2S2/c1-10-8-13(6-7-16-10)17(14,15)9-11-4-2-3-5-12-11/h10-12H,2-9H2,1H3. The molecule has 0 saturated carbocycles. The SMILES string of the molecule is CC1CN(S(=O)(=O)CC2CCCCN2)CCS1. The molecule has 2 unspecified atom stereocenters. The molecule has 0 bridgehead atoms. The van der Waals surface area contributed by atoms with Crippen LogP contribution in [0.15, 0.2) is 0 Å². The number of nitrogens with zero attached hydrogens (tertiary/aromatic N) is 1. The Kier molecular flexibility index (Phi) is 4.74. The maximum Gasteiger partial charge on any atom is 0.215 e. The Morgan fingerprint density at radius 1 is 1.41 bits per heavy atom. The zero-order valence-corrected chi connectivity index (χ0v) is 12.0. The fourth-order valence-electron chi connectivity index (χ4n) is 2.47. The summed E-state index contributed by atoms with van der Waals surface area (Å²) in [5.74, 6) is 1.21. The van der Waals surface area contributed by atoms with Crippen LogP contribution in [0, 0.1) is 0 Å². The molecule has 0 aliphatic carbocycles. The largest absolute Gasteiger partial charge is 0.313 e. The first kappa shape index (κ1) is 13.6. The molecular weight excluding hydrogens is 256 g/mol. The molecule has 0 aromatic rings. The normalized spacial score (nSPS) is 32.5. The summed E-state index contributed by atoms with van der Waals surface area (Å²) in [5, 5.41) is 3.74. The summed E-state index contributed by atoms with van der Waals surface area (Å²) in [6.07, 6.45) is 3.32. The van der Waals surface area contributed by atoms with E-state index in [9.17, 15) is 8.42 Å². The molecule has 0 aromatic heterocycles. The second-order valence-electron chi connectivity index (χ2n) is 4.96. The Morgan fingerprint density at radius 3 is 2.88 bits per heavy atom. The lowest BCUT2D eigenvalue weighted by molar-refractivity contribution is 0.394. The molecule has 2 saturated heterocycles. The van der Waals surface area contributed by atoms with Crippen molar-refractivity contribution in [3.05, 3.63) is 0 Å². The third kappa shape index (κ3) is 3.84. The van der Waals surface area contributed by atoms with Gasteiger partial charge in [-0.1, -0.05) is 13.3 Å². The van der Waals surface area contributed by atoms with Crippen molar-refractivity contribution in [3.8, 4) is 0 Å². The third-order valence-electron chi connectivity index (χ3n) is 3.42. The Hall–Kier alpha value is 0.220. The van der Waals surface area contributed by atoms with Crippen LogP contribution in [0.3, 0.4) is 0 Å². The van der Waals surface area contributed by atoms with Gasteiger partial charge in [-0.25, -0.2) is 8.42 Å². The highest BCUT2D eigenvalue weighted by Gasteiger charge is 2.30. The van der Waals surface area contributed by atoms with Crippen molar-refractivity contribution < 1.29 is 8.42 Å². The second-order valence-corrected chi connectivity index (χ2v) is 8.52. The number of rotatable bonds is 3. The number of piperidine rings is 1. The molecule has 0 radical (unpaired) electrons. The van der Waals surface area contributed by atoms with Gasteiger partial charge in [-0.15, -0.1) is 0 Å². The van der Waals surface area contributed by atoms with Crippen LogP contribution in [0.4, 0.5) is 0 Å². The topological polar surface area (TPSA) is 49.4 Å². The number of thioether (sulfide) groups is 1. The van der Waals surface area contributed by atoms with Crippen molar-refractivity contribution in [2.24, 2.45) is 0 Å². The first-order valence-corrected chi connectivity index (χ1v) is 9.06. The minimum atomic E-state index is -3.06. The molecule has 6 heteroatoms. The van der Waals surface area contributed by atoms with Crippen LogP contribution in [0.1, 0.15) is 26.2 Å². The Morgan fingerprint density at radius 2 is 2.24 bits per heavy atom. The summed E-state index contributed by atoms with van der Waals surface area (Å²) in [4.78, 5) is 0. The number of hydrogen-bond acceptors (Lipinski definition) is 4. The van der Waals surface area contributed by atoms with Crippen LogP contribution in [0.5, 0.6) is 0 Å². The van der Waals surface area contributed by atoms with Crippen LogP contribution in [0.25, 0.3) is 0 Å². The molecule has 2 heterocycles. The minimum Gasteiger partial charge on any atom is -0.313 e. The van der Waals surface area contributed by atoms with Gasteiger partial charge in [0.25, 0.3) is 0 Å². The molecule has 2 atom stereocenters. The predicted octanol–water partition coefficient (Wildman–Crippen LogP) is 0.896. The molecule has 17 heavy (non-hydrogen) atoms. The van der Waals surface area contributed by atoms with Crippen LogP contribution in [0.2, 0.25) is 0 Å². The minimum absolute atomic E-state index is 0.165. The average Bonchev–Trinajstić information content (AvgIpc) is 2.30. The number of sulfonamides is 1. The van der Waals surface area contributed by atoms with Crippen molar-refractivity contribution in [1.29, 1.82) is 0 Å². The van der Waals surface area contributed by atoms with E-state index in [-0.39, 0.29) is 11.8 Å². The zero-order chi connectivity index (χ0) is 12.3. The van der Waals surface area contributed by atoms with Crippen LogP contribution >= 0.6 is 11.8 Å². The second kappa shape index (κ2) is 5.91. The van der Waals surface area contributed by atoms with Crippen molar-refractivity contribution in [2.75, 3.05) is 31.1 Å². The summed E-state index contributed by atoms with van der Waals surface area (Å²) in [5.41, 5.74) is 0. The van der Waals surface area contributed by atoms with E-state index in [2.05, 4.69) is 12.2 Å². The molecule has 2 aliphatic rings. The highest BCUT2D eigenvalue weighted by molar-refractivity contribution is 8.00. The molecule has 2 fully saturated rings. The molecule has 2 aliphatic heterocycles. The Labute approximate surface area is 109 Å². The van der Waals surface area contributed by atoms with Gasteiger partial charge in [0, 0.05) is 30.1 Å². The summed E-state index contributed by atoms with van der Waals surface area (Å²) < 4.78 is 26.2. The first-order chi connectivity index (χ1) is 8.08. The fourth-order valence-corrected chi connectivity index (χ4v) is 5.51. The van der Waals surface area contributed by atoms with Gasteiger partial charge in [-0.3, -0.25) is 0 Å². The predicted molar refractivity (Wildman–Crippen MR) is 72.9 cm³/mol. The van der Waals surface area contributed by atoms with E-state index in [1.54, 1.807) is 4.31 Å². The van der Waals surface area contributed by atoms with Gasteiger partial charge in [0.1, 0.15) is 0 Å². The van der Waals surface area contributed by atoms with Gasteiger partial charge < -0.3 is 5.32 Å². The maximum absolute atomic E-state index is 12.3. The molecule has 0 amide bonds. The molecule has 4 nitrogen and oxygen atoms in total. The van der Waals surface area contributed by atoms with Crippen molar-refractivity contribution in [3.63, 3.8) is 0 Å². The number of nitrogens with one attached hydrogen (secondary N) is 1. The summed E-state index contributed by atoms with van der Waals surface area (Å²) in [7, 11) is -3.06. The van der Waals surface area contributed by atoms with Gasteiger partial charge in [0.15, 0.2) is 0 Å². The Bertz CT molecular complexity index is 339. The van der Waals surface area contributed by atoms with Gasteiger partial charge in [0.05, 0.1) is 5.75 Å². The molecular formula is C11H22N2O2S2.